The van der Waals surface area contributed by atoms with Crippen molar-refractivity contribution in [3.8, 4) is 11.5 Å². The van der Waals surface area contributed by atoms with Crippen molar-refractivity contribution < 1.29 is 23.8 Å². The van der Waals surface area contributed by atoms with Gasteiger partial charge in [-0.1, -0.05) is 6.07 Å². The van der Waals surface area contributed by atoms with E-state index in [1.807, 2.05) is 18.2 Å². The van der Waals surface area contributed by atoms with Gasteiger partial charge in [0.1, 0.15) is 17.5 Å². The zero-order valence-corrected chi connectivity index (χ0v) is 17.7. The van der Waals surface area contributed by atoms with Crippen molar-refractivity contribution in [2.24, 2.45) is 0 Å². The predicted molar refractivity (Wildman–Crippen MR) is 109 cm³/mol. The molecular weight excluding hydrogens is 372 g/mol. The summed E-state index contributed by atoms with van der Waals surface area (Å²) in [5, 5.41) is 0. The molecule has 0 saturated carbocycles. The molecule has 0 aromatic heterocycles. The van der Waals surface area contributed by atoms with Crippen LogP contribution >= 0.6 is 0 Å². The number of carbonyl (C=O) groups excluding carboxylic acids is 2. The lowest BCUT2D eigenvalue weighted by Gasteiger charge is -2.36. The fraction of sp³-hybridized carbons (Fsp3) is 0.636. The van der Waals surface area contributed by atoms with Crippen molar-refractivity contribution in [3.05, 3.63) is 23.8 Å². The summed E-state index contributed by atoms with van der Waals surface area (Å²) >= 11 is 0. The van der Waals surface area contributed by atoms with Gasteiger partial charge in [-0.15, -0.1) is 0 Å². The number of nitrogens with zero attached hydrogens (tertiary/aromatic N) is 2. The second-order valence-electron chi connectivity index (χ2n) is 7.59. The first-order valence-corrected chi connectivity index (χ1v) is 10.5. The molecule has 1 aromatic carbocycles. The summed E-state index contributed by atoms with van der Waals surface area (Å²) in [6.45, 7) is 3.90. The Labute approximate surface area is 172 Å². The van der Waals surface area contributed by atoms with Crippen LogP contribution in [-0.2, 0) is 14.3 Å². The second kappa shape index (κ2) is 9.96. The third kappa shape index (κ3) is 4.83. The van der Waals surface area contributed by atoms with Crippen LogP contribution in [0.25, 0.3) is 0 Å². The topological polar surface area (TPSA) is 68.3 Å². The van der Waals surface area contributed by atoms with Crippen molar-refractivity contribution in [1.29, 1.82) is 0 Å². The van der Waals surface area contributed by atoms with Gasteiger partial charge in [0.15, 0.2) is 0 Å². The fourth-order valence-electron chi connectivity index (χ4n) is 4.44. The number of rotatable bonds is 7. The van der Waals surface area contributed by atoms with Gasteiger partial charge in [-0.05, 0) is 51.6 Å². The monoisotopic (exact) mass is 404 g/mol. The Hall–Kier alpha value is -2.28. The molecule has 3 rings (SSSR count). The lowest BCUT2D eigenvalue weighted by Crippen LogP contribution is -2.51. The van der Waals surface area contributed by atoms with E-state index in [-0.39, 0.29) is 17.9 Å². The third-order valence-corrected chi connectivity index (χ3v) is 5.88. The number of hydrogen-bond donors (Lipinski definition) is 0. The molecule has 7 nitrogen and oxygen atoms in total. The first-order valence-electron chi connectivity index (χ1n) is 10.5. The van der Waals surface area contributed by atoms with E-state index in [1.54, 1.807) is 26.0 Å². The van der Waals surface area contributed by atoms with Gasteiger partial charge >= 0.3 is 5.97 Å². The summed E-state index contributed by atoms with van der Waals surface area (Å²) in [5.41, 5.74) is 1.07. The van der Waals surface area contributed by atoms with Gasteiger partial charge in [-0.2, -0.15) is 0 Å². The largest absolute Gasteiger partial charge is 0.497 e. The van der Waals surface area contributed by atoms with Crippen molar-refractivity contribution >= 4 is 11.9 Å². The Kier molecular flexibility index (Phi) is 7.36. The van der Waals surface area contributed by atoms with Crippen LogP contribution in [0, 0.1) is 0 Å². The van der Waals surface area contributed by atoms with E-state index < -0.39 is 6.04 Å². The number of methoxy groups -OCH3 is 2. The van der Waals surface area contributed by atoms with Crippen LogP contribution in [0.2, 0.25) is 0 Å². The second-order valence-corrected chi connectivity index (χ2v) is 7.59. The highest BCUT2D eigenvalue weighted by molar-refractivity contribution is 5.86. The predicted octanol–water partition coefficient (Wildman–Crippen LogP) is 2.78. The fourth-order valence-corrected chi connectivity index (χ4v) is 4.44. The molecule has 2 heterocycles. The minimum Gasteiger partial charge on any atom is -0.497 e. The van der Waals surface area contributed by atoms with Crippen LogP contribution < -0.4 is 9.47 Å². The summed E-state index contributed by atoms with van der Waals surface area (Å²) in [7, 11) is 3.29. The average Bonchev–Trinajstić information content (AvgIpc) is 3.21. The summed E-state index contributed by atoms with van der Waals surface area (Å²) in [4.78, 5) is 29.4. The van der Waals surface area contributed by atoms with E-state index in [2.05, 4.69) is 4.90 Å². The maximum absolute atomic E-state index is 13.1. The van der Waals surface area contributed by atoms with Gasteiger partial charge in [0.2, 0.25) is 5.91 Å². The average molecular weight is 405 g/mol. The van der Waals surface area contributed by atoms with Crippen molar-refractivity contribution in [2.75, 3.05) is 40.5 Å². The molecule has 2 atom stereocenters. The SMILES string of the molecule is CCOC(=O)C1CCCCN1C(=O)CN1CCCC1c1ccc(OC)cc1OC. The molecule has 29 heavy (non-hydrogen) atoms. The Balaban J connectivity index is 1.73. The van der Waals surface area contributed by atoms with Crippen LogP contribution in [-0.4, -0.2) is 68.2 Å². The molecule has 0 aliphatic carbocycles. The Morgan fingerprint density at radius 3 is 2.62 bits per heavy atom. The summed E-state index contributed by atoms with van der Waals surface area (Å²) in [6, 6.07) is 5.50. The minimum atomic E-state index is -0.451. The van der Waals surface area contributed by atoms with Gasteiger partial charge in [0.25, 0.3) is 0 Å². The zero-order chi connectivity index (χ0) is 20.8. The maximum atomic E-state index is 13.1. The van der Waals surface area contributed by atoms with E-state index >= 15 is 0 Å². The number of ether oxygens (including phenoxy) is 3. The van der Waals surface area contributed by atoms with Crippen LogP contribution in [0.5, 0.6) is 11.5 Å². The minimum absolute atomic E-state index is 0.00197. The first-order chi connectivity index (χ1) is 14.1. The number of benzene rings is 1. The van der Waals surface area contributed by atoms with Gasteiger partial charge in [0.05, 0.1) is 27.4 Å². The quantitative estimate of drug-likeness (QED) is 0.651. The number of piperidine rings is 1. The Morgan fingerprint density at radius 1 is 1.07 bits per heavy atom. The molecule has 2 unspecified atom stereocenters. The molecule has 2 aliphatic heterocycles. The summed E-state index contributed by atoms with van der Waals surface area (Å²) < 4.78 is 16.1. The van der Waals surface area contributed by atoms with E-state index in [4.69, 9.17) is 14.2 Å². The van der Waals surface area contributed by atoms with Crippen LogP contribution in [0.1, 0.15) is 50.6 Å². The van der Waals surface area contributed by atoms with E-state index in [1.165, 1.54) is 0 Å². The molecule has 0 spiro atoms. The Bertz CT molecular complexity index is 723. The lowest BCUT2D eigenvalue weighted by atomic mass is 10.0. The number of carbonyl (C=O) groups is 2. The number of amides is 1. The molecule has 2 aliphatic rings. The van der Waals surface area contributed by atoms with E-state index in [9.17, 15) is 9.59 Å². The molecule has 2 fully saturated rings. The van der Waals surface area contributed by atoms with E-state index in [0.29, 0.717) is 26.1 Å². The third-order valence-electron chi connectivity index (χ3n) is 5.88. The van der Waals surface area contributed by atoms with Crippen LogP contribution in [0.4, 0.5) is 0 Å². The number of esters is 1. The van der Waals surface area contributed by atoms with E-state index in [0.717, 1.165) is 49.3 Å². The molecule has 2 saturated heterocycles. The molecule has 1 amide bonds. The Morgan fingerprint density at radius 2 is 1.90 bits per heavy atom. The highest BCUT2D eigenvalue weighted by Gasteiger charge is 2.36. The first kappa shape index (κ1) is 21.4. The molecular formula is C22H32N2O5. The maximum Gasteiger partial charge on any atom is 0.328 e. The van der Waals surface area contributed by atoms with Crippen LogP contribution in [0.15, 0.2) is 18.2 Å². The van der Waals surface area contributed by atoms with Crippen molar-refractivity contribution in [2.45, 2.75) is 51.1 Å². The molecule has 0 radical (unpaired) electrons. The van der Waals surface area contributed by atoms with Gasteiger partial charge in [0, 0.05) is 24.2 Å². The smallest absolute Gasteiger partial charge is 0.328 e. The van der Waals surface area contributed by atoms with Crippen molar-refractivity contribution in [3.63, 3.8) is 0 Å². The highest BCUT2D eigenvalue weighted by atomic mass is 16.5. The molecule has 0 N–H and O–H groups in total. The van der Waals surface area contributed by atoms with Gasteiger partial charge in [-0.3, -0.25) is 9.69 Å². The molecule has 7 heteroatoms. The number of likely N-dealkylation sites (tertiary alicyclic amines) is 2. The number of hydrogen-bond acceptors (Lipinski definition) is 6. The molecule has 160 valence electrons. The zero-order valence-electron chi connectivity index (χ0n) is 17.7. The lowest BCUT2D eigenvalue weighted by molar-refractivity contribution is -0.157. The summed E-state index contributed by atoms with van der Waals surface area (Å²) in [6.07, 6.45) is 4.55. The van der Waals surface area contributed by atoms with Crippen LogP contribution in [0.3, 0.4) is 0 Å². The highest BCUT2D eigenvalue weighted by Crippen LogP contribution is 2.38. The summed E-state index contributed by atoms with van der Waals surface area (Å²) in [5.74, 6) is 1.24. The van der Waals surface area contributed by atoms with Gasteiger partial charge in [-0.25, -0.2) is 4.79 Å². The van der Waals surface area contributed by atoms with Crippen molar-refractivity contribution in [1.82, 2.24) is 9.80 Å². The molecule has 0 bridgehead atoms. The standard InChI is InChI=1S/C22H32N2O5/c1-4-29-22(26)19-8-5-6-13-24(19)21(25)15-23-12-7-9-18(23)17-11-10-16(27-2)14-20(17)28-3/h10-11,14,18-19H,4-9,12-13,15H2,1-3H3. The van der Waals surface area contributed by atoms with Gasteiger partial charge < -0.3 is 19.1 Å². The molecule has 1 aromatic rings. The normalized spacial score (nSPS) is 22.4.